The first-order valence-electron chi connectivity index (χ1n) is 5.05. The van der Waals surface area contributed by atoms with Crippen LogP contribution in [0.25, 0.3) is 0 Å². The lowest BCUT2D eigenvalue weighted by atomic mass is 10.1. The molecule has 2 amide bonds. The number of carbonyl (C=O) groups is 2. The summed E-state index contributed by atoms with van der Waals surface area (Å²) in [5.41, 5.74) is 5.47. The largest absolute Gasteiger partial charge is 0.507 e. The second kappa shape index (κ2) is 4.89. The Morgan fingerprint density at radius 3 is 2.67 bits per heavy atom. The Morgan fingerprint density at radius 1 is 1.28 bits per heavy atom. The summed E-state index contributed by atoms with van der Waals surface area (Å²) in [7, 11) is 0. The highest BCUT2D eigenvalue weighted by atomic mass is 32.1. The molecule has 18 heavy (non-hydrogen) atoms. The molecule has 92 valence electrons. The van der Waals surface area contributed by atoms with E-state index < -0.39 is 5.91 Å². The summed E-state index contributed by atoms with van der Waals surface area (Å²) in [4.78, 5) is 23.4. The number of nitrogens with one attached hydrogen (secondary N) is 1. The van der Waals surface area contributed by atoms with Gasteiger partial charge < -0.3 is 16.2 Å². The maximum absolute atomic E-state index is 11.8. The fourth-order valence-corrected chi connectivity index (χ4v) is 2.03. The molecule has 1 heterocycles. The van der Waals surface area contributed by atoms with Crippen molar-refractivity contribution in [3.63, 3.8) is 0 Å². The van der Waals surface area contributed by atoms with Gasteiger partial charge in [0.1, 0.15) is 5.75 Å². The van der Waals surface area contributed by atoms with Crippen LogP contribution in [0, 0.1) is 0 Å². The summed E-state index contributed by atoms with van der Waals surface area (Å²) in [5, 5.41) is 13.8. The number of benzene rings is 1. The van der Waals surface area contributed by atoms with Gasteiger partial charge in [-0.15, -0.1) is 11.3 Å². The normalized spacial score (nSPS) is 10.0. The molecule has 0 radical (unpaired) electrons. The minimum absolute atomic E-state index is 0.0287. The molecule has 0 aliphatic heterocycles. The van der Waals surface area contributed by atoms with E-state index in [1.807, 2.05) is 0 Å². The topological polar surface area (TPSA) is 92.4 Å². The highest BCUT2D eigenvalue weighted by molar-refractivity contribution is 7.12. The molecule has 5 nitrogen and oxygen atoms in total. The molecule has 0 bridgehead atoms. The van der Waals surface area contributed by atoms with Crippen LogP contribution in [-0.4, -0.2) is 16.9 Å². The zero-order valence-corrected chi connectivity index (χ0v) is 10.0. The van der Waals surface area contributed by atoms with E-state index in [1.54, 1.807) is 17.5 Å². The first-order chi connectivity index (χ1) is 8.58. The van der Waals surface area contributed by atoms with Crippen molar-refractivity contribution >= 4 is 28.8 Å². The molecule has 0 unspecified atom stereocenters. The molecule has 2 aromatic rings. The van der Waals surface area contributed by atoms with Crippen molar-refractivity contribution < 1.29 is 14.7 Å². The number of hydrogen-bond acceptors (Lipinski definition) is 4. The van der Waals surface area contributed by atoms with Gasteiger partial charge in [0.2, 0.25) is 0 Å². The van der Waals surface area contributed by atoms with E-state index in [2.05, 4.69) is 5.32 Å². The molecular weight excluding hydrogens is 252 g/mol. The molecule has 6 heteroatoms. The third kappa shape index (κ3) is 2.49. The van der Waals surface area contributed by atoms with Crippen LogP contribution in [0.4, 0.5) is 5.69 Å². The van der Waals surface area contributed by atoms with Gasteiger partial charge in [0.25, 0.3) is 11.8 Å². The van der Waals surface area contributed by atoms with Crippen LogP contribution < -0.4 is 11.1 Å². The minimum Gasteiger partial charge on any atom is -0.507 e. The van der Waals surface area contributed by atoms with Gasteiger partial charge in [0.05, 0.1) is 10.4 Å². The van der Waals surface area contributed by atoms with E-state index in [9.17, 15) is 14.7 Å². The number of nitrogens with two attached hydrogens (primary N) is 1. The van der Waals surface area contributed by atoms with Crippen molar-refractivity contribution in [2.45, 2.75) is 0 Å². The molecule has 0 saturated heterocycles. The van der Waals surface area contributed by atoms with Crippen molar-refractivity contribution in [1.29, 1.82) is 0 Å². The Morgan fingerprint density at radius 2 is 2.06 bits per heavy atom. The number of phenols is 1. The Bertz CT molecular complexity index is 593. The number of hydrogen-bond donors (Lipinski definition) is 3. The van der Waals surface area contributed by atoms with Gasteiger partial charge in [-0.25, -0.2) is 0 Å². The quantitative estimate of drug-likeness (QED) is 0.736. The molecule has 1 aromatic carbocycles. The van der Waals surface area contributed by atoms with Gasteiger partial charge >= 0.3 is 0 Å². The number of rotatable bonds is 3. The average molecular weight is 262 g/mol. The Hall–Kier alpha value is -2.34. The van der Waals surface area contributed by atoms with E-state index in [4.69, 9.17) is 5.73 Å². The molecule has 2 rings (SSSR count). The Labute approximate surface area is 107 Å². The molecule has 0 spiro atoms. The van der Waals surface area contributed by atoms with Crippen LogP contribution in [0.3, 0.4) is 0 Å². The number of amides is 2. The molecule has 4 N–H and O–H groups in total. The summed E-state index contributed by atoms with van der Waals surface area (Å²) in [5.74, 6) is -1.23. The van der Waals surface area contributed by atoms with Crippen molar-refractivity contribution in [3.8, 4) is 5.75 Å². The fraction of sp³-hybridized carbons (Fsp3) is 0. The first-order valence-corrected chi connectivity index (χ1v) is 5.93. The number of thiophene rings is 1. The van der Waals surface area contributed by atoms with E-state index in [0.29, 0.717) is 10.6 Å². The van der Waals surface area contributed by atoms with Gasteiger partial charge in [-0.2, -0.15) is 0 Å². The minimum atomic E-state index is -0.750. The van der Waals surface area contributed by atoms with Crippen LogP contribution >= 0.6 is 11.3 Å². The standard InChI is InChI=1S/C12H10N2O3S/c13-11(16)8-6-7(3-4-9(8)15)14-12(17)10-2-1-5-18-10/h1-6,15H,(H2,13,16)(H,14,17). The molecule has 0 saturated carbocycles. The third-order valence-electron chi connectivity index (χ3n) is 2.26. The molecule has 0 aliphatic rings. The number of carbonyl (C=O) groups excluding carboxylic acids is 2. The Balaban J connectivity index is 2.22. The number of aromatic hydroxyl groups is 1. The molecule has 0 atom stereocenters. The van der Waals surface area contributed by atoms with Crippen LogP contribution in [0.15, 0.2) is 35.7 Å². The summed E-state index contributed by atoms with van der Waals surface area (Å²) in [6, 6.07) is 7.60. The monoisotopic (exact) mass is 262 g/mol. The van der Waals surface area contributed by atoms with E-state index in [-0.39, 0.29) is 17.2 Å². The molecular formula is C12H10N2O3S. The lowest BCUT2D eigenvalue weighted by Gasteiger charge is -2.06. The summed E-state index contributed by atoms with van der Waals surface area (Å²) in [6.45, 7) is 0. The maximum atomic E-state index is 11.8. The second-order valence-electron chi connectivity index (χ2n) is 3.53. The number of primary amides is 1. The maximum Gasteiger partial charge on any atom is 0.265 e. The van der Waals surface area contributed by atoms with Gasteiger partial charge in [-0.3, -0.25) is 9.59 Å². The van der Waals surface area contributed by atoms with Crippen molar-refractivity contribution in [2.75, 3.05) is 5.32 Å². The van der Waals surface area contributed by atoms with Crippen LogP contribution in [0.2, 0.25) is 0 Å². The van der Waals surface area contributed by atoms with Crippen LogP contribution in [0.1, 0.15) is 20.0 Å². The van der Waals surface area contributed by atoms with Crippen molar-refractivity contribution in [1.82, 2.24) is 0 Å². The predicted octanol–water partition coefficient (Wildman–Crippen LogP) is 1.80. The summed E-state index contributed by atoms with van der Waals surface area (Å²) < 4.78 is 0. The van der Waals surface area contributed by atoms with Gasteiger partial charge in [-0.05, 0) is 29.6 Å². The zero-order valence-electron chi connectivity index (χ0n) is 9.21. The second-order valence-corrected chi connectivity index (χ2v) is 4.48. The molecule has 0 aliphatic carbocycles. The van der Waals surface area contributed by atoms with E-state index >= 15 is 0 Å². The lowest BCUT2D eigenvalue weighted by Crippen LogP contribution is -2.14. The van der Waals surface area contributed by atoms with E-state index in [0.717, 1.165) is 0 Å². The fourth-order valence-electron chi connectivity index (χ4n) is 1.41. The average Bonchev–Trinajstić information content (AvgIpc) is 2.85. The van der Waals surface area contributed by atoms with Crippen molar-refractivity contribution in [2.24, 2.45) is 5.73 Å². The van der Waals surface area contributed by atoms with Crippen LogP contribution in [-0.2, 0) is 0 Å². The highest BCUT2D eigenvalue weighted by Gasteiger charge is 2.11. The van der Waals surface area contributed by atoms with Gasteiger partial charge in [0.15, 0.2) is 0 Å². The van der Waals surface area contributed by atoms with Gasteiger partial charge in [-0.1, -0.05) is 6.07 Å². The smallest absolute Gasteiger partial charge is 0.265 e. The predicted molar refractivity (Wildman–Crippen MR) is 68.9 cm³/mol. The first kappa shape index (κ1) is 12.1. The van der Waals surface area contributed by atoms with E-state index in [1.165, 1.54) is 29.5 Å². The zero-order chi connectivity index (χ0) is 13.1. The van der Waals surface area contributed by atoms with Crippen molar-refractivity contribution in [3.05, 3.63) is 46.2 Å². The number of anilines is 1. The Kier molecular flexibility index (Phi) is 3.29. The van der Waals surface area contributed by atoms with Crippen LogP contribution in [0.5, 0.6) is 5.75 Å². The lowest BCUT2D eigenvalue weighted by molar-refractivity contribution is 0.0994. The molecule has 0 fully saturated rings. The summed E-state index contributed by atoms with van der Waals surface area (Å²) in [6.07, 6.45) is 0. The third-order valence-corrected chi connectivity index (χ3v) is 3.13. The summed E-state index contributed by atoms with van der Waals surface area (Å²) >= 11 is 1.31. The molecule has 1 aromatic heterocycles. The SMILES string of the molecule is NC(=O)c1cc(NC(=O)c2cccs2)ccc1O. The highest BCUT2D eigenvalue weighted by Crippen LogP contribution is 2.21. The van der Waals surface area contributed by atoms with Gasteiger partial charge in [0, 0.05) is 5.69 Å².